The molecule has 0 saturated heterocycles. The molecule has 1 aromatic carbocycles. The van der Waals surface area contributed by atoms with Crippen LogP contribution in [0.15, 0.2) is 28.8 Å². The van der Waals surface area contributed by atoms with Crippen molar-refractivity contribution < 1.29 is 14.1 Å². The summed E-state index contributed by atoms with van der Waals surface area (Å²) in [6.07, 6.45) is 3.39. The second kappa shape index (κ2) is 6.48. The fourth-order valence-corrected chi connectivity index (χ4v) is 4.13. The maximum Gasteiger partial charge on any atom is 0.229 e. The van der Waals surface area contributed by atoms with Gasteiger partial charge in [-0.05, 0) is 55.4 Å². The molecule has 2 aliphatic rings. The number of anilines is 1. The number of nitrogens with two attached hydrogens (primary N) is 1. The molecule has 4 unspecified atom stereocenters. The van der Waals surface area contributed by atoms with E-state index in [9.17, 15) is 4.79 Å². The van der Waals surface area contributed by atoms with Gasteiger partial charge in [0.1, 0.15) is 5.75 Å². The summed E-state index contributed by atoms with van der Waals surface area (Å²) in [5.74, 6) is 2.63. The summed E-state index contributed by atoms with van der Waals surface area (Å²) >= 11 is 0. The lowest BCUT2D eigenvalue weighted by Gasteiger charge is -2.27. The van der Waals surface area contributed by atoms with Crippen LogP contribution in [0.5, 0.6) is 5.75 Å². The van der Waals surface area contributed by atoms with Crippen molar-refractivity contribution in [2.45, 2.75) is 38.8 Å². The Hall–Kier alpha value is -2.41. The molecule has 25 heavy (non-hydrogen) atoms. The number of rotatable bonds is 5. The van der Waals surface area contributed by atoms with Gasteiger partial charge >= 0.3 is 0 Å². The highest BCUT2D eigenvalue weighted by atomic mass is 16.5. The molecule has 3 N–H and O–H groups in total. The minimum Gasteiger partial charge on any atom is -0.485 e. The molecule has 2 aromatic rings. The molecule has 1 heterocycles. The molecule has 1 aromatic heterocycles. The van der Waals surface area contributed by atoms with Crippen molar-refractivity contribution in [2.24, 2.45) is 23.5 Å². The van der Waals surface area contributed by atoms with Gasteiger partial charge in [0.2, 0.25) is 17.6 Å². The lowest BCUT2D eigenvalue weighted by Crippen LogP contribution is -2.42. The molecule has 0 radical (unpaired) electrons. The number of aromatic nitrogens is 2. The minimum atomic E-state index is -0.0591. The van der Waals surface area contributed by atoms with E-state index in [1.54, 1.807) is 6.92 Å². The van der Waals surface area contributed by atoms with E-state index in [0.29, 0.717) is 29.3 Å². The molecule has 0 spiro atoms. The molecule has 2 aliphatic carbocycles. The molecular formula is C18H22N4O3. The van der Waals surface area contributed by atoms with Gasteiger partial charge in [0.25, 0.3) is 0 Å². The van der Waals surface area contributed by atoms with Crippen molar-refractivity contribution in [2.75, 3.05) is 5.32 Å². The highest BCUT2D eigenvalue weighted by Gasteiger charge is 2.49. The van der Waals surface area contributed by atoms with Crippen molar-refractivity contribution in [3.63, 3.8) is 0 Å². The highest BCUT2D eigenvalue weighted by molar-refractivity contribution is 5.93. The number of aryl methyl sites for hydroxylation is 1. The van der Waals surface area contributed by atoms with Crippen LogP contribution in [-0.4, -0.2) is 22.1 Å². The predicted molar refractivity (Wildman–Crippen MR) is 90.7 cm³/mol. The minimum absolute atomic E-state index is 0.000210. The topological polar surface area (TPSA) is 103 Å². The van der Waals surface area contributed by atoms with Gasteiger partial charge in [-0.15, -0.1) is 0 Å². The third-order valence-electron chi connectivity index (χ3n) is 5.34. The fourth-order valence-electron chi connectivity index (χ4n) is 4.13. The van der Waals surface area contributed by atoms with E-state index in [1.807, 2.05) is 24.3 Å². The van der Waals surface area contributed by atoms with Gasteiger partial charge in [-0.25, -0.2) is 0 Å². The Morgan fingerprint density at radius 3 is 2.72 bits per heavy atom. The molecule has 2 bridgehead atoms. The van der Waals surface area contributed by atoms with Crippen molar-refractivity contribution in [3.8, 4) is 5.75 Å². The normalized spacial score (nSPS) is 27.4. The maximum absolute atomic E-state index is 12.6. The molecule has 2 saturated carbocycles. The van der Waals surface area contributed by atoms with Gasteiger partial charge in [0.05, 0.1) is 5.92 Å². The average Bonchev–Trinajstić information content (AvgIpc) is 3.30. The van der Waals surface area contributed by atoms with Crippen LogP contribution >= 0.6 is 0 Å². The number of nitrogens with zero attached hydrogens (tertiary/aromatic N) is 2. The molecule has 0 aliphatic heterocycles. The second-order valence-electron chi connectivity index (χ2n) is 6.97. The standard InChI is InChI=1S/C18H22N4O3/c1-10-20-15(22-25-10)9-24-14-6-4-13(5-7-14)21-18(23)16-11-2-3-12(8-11)17(16)19/h4-7,11-12,16-17H,2-3,8-9,19H2,1H3,(H,21,23). The van der Waals surface area contributed by atoms with E-state index < -0.39 is 0 Å². The number of fused-ring (bicyclic) bond motifs is 2. The number of carbonyl (C=O) groups is 1. The van der Waals surface area contributed by atoms with Gasteiger partial charge in [-0.2, -0.15) is 4.98 Å². The smallest absolute Gasteiger partial charge is 0.229 e. The summed E-state index contributed by atoms with van der Waals surface area (Å²) in [5.41, 5.74) is 6.99. The Bertz CT molecular complexity index is 756. The van der Waals surface area contributed by atoms with Gasteiger partial charge in [0, 0.05) is 18.7 Å². The van der Waals surface area contributed by atoms with Crippen LogP contribution < -0.4 is 15.8 Å². The molecule has 4 atom stereocenters. The fraction of sp³-hybridized carbons (Fsp3) is 0.500. The number of hydrogen-bond acceptors (Lipinski definition) is 6. The molecule has 1 amide bonds. The van der Waals surface area contributed by atoms with Gasteiger partial charge in [0.15, 0.2) is 6.61 Å². The van der Waals surface area contributed by atoms with E-state index >= 15 is 0 Å². The Morgan fingerprint density at radius 2 is 2.08 bits per heavy atom. The lowest BCUT2D eigenvalue weighted by atomic mass is 9.84. The van der Waals surface area contributed by atoms with Crippen LogP contribution in [0.25, 0.3) is 0 Å². The summed E-state index contributed by atoms with van der Waals surface area (Å²) in [4.78, 5) is 16.6. The average molecular weight is 342 g/mol. The van der Waals surface area contributed by atoms with Crippen LogP contribution in [0.1, 0.15) is 31.0 Å². The maximum atomic E-state index is 12.6. The molecule has 7 heteroatoms. The quantitative estimate of drug-likeness (QED) is 0.864. The van der Waals surface area contributed by atoms with E-state index in [4.69, 9.17) is 15.0 Å². The van der Waals surface area contributed by atoms with Crippen LogP contribution in [0.3, 0.4) is 0 Å². The zero-order valence-electron chi connectivity index (χ0n) is 14.1. The van der Waals surface area contributed by atoms with Crippen LogP contribution in [-0.2, 0) is 11.4 Å². The van der Waals surface area contributed by atoms with Crippen LogP contribution in [0.4, 0.5) is 5.69 Å². The first-order valence-electron chi connectivity index (χ1n) is 8.68. The number of hydrogen-bond donors (Lipinski definition) is 2. The van der Waals surface area contributed by atoms with E-state index in [1.165, 1.54) is 6.42 Å². The zero-order chi connectivity index (χ0) is 17.4. The number of amides is 1. The number of benzene rings is 1. The van der Waals surface area contributed by atoms with Crippen molar-refractivity contribution >= 4 is 11.6 Å². The Labute approximate surface area is 145 Å². The first kappa shape index (κ1) is 16.1. The van der Waals surface area contributed by atoms with E-state index in [0.717, 1.165) is 18.5 Å². The predicted octanol–water partition coefficient (Wildman–Crippen LogP) is 2.27. The Balaban J connectivity index is 1.33. The molecular weight excluding hydrogens is 320 g/mol. The first-order valence-corrected chi connectivity index (χ1v) is 8.68. The van der Waals surface area contributed by atoms with E-state index in [2.05, 4.69) is 15.5 Å². The van der Waals surface area contributed by atoms with Crippen LogP contribution in [0.2, 0.25) is 0 Å². The Morgan fingerprint density at radius 1 is 1.32 bits per heavy atom. The zero-order valence-corrected chi connectivity index (χ0v) is 14.1. The second-order valence-corrected chi connectivity index (χ2v) is 6.97. The van der Waals surface area contributed by atoms with Crippen molar-refractivity contribution in [1.29, 1.82) is 0 Å². The van der Waals surface area contributed by atoms with Crippen molar-refractivity contribution in [1.82, 2.24) is 10.1 Å². The summed E-state index contributed by atoms with van der Waals surface area (Å²) in [6, 6.07) is 7.27. The third-order valence-corrected chi connectivity index (χ3v) is 5.34. The number of nitrogens with one attached hydrogen (secondary N) is 1. The molecule has 4 rings (SSSR count). The van der Waals surface area contributed by atoms with Gasteiger partial charge < -0.3 is 20.3 Å². The SMILES string of the molecule is Cc1nc(COc2ccc(NC(=O)C3C4CCC(C4)C3N)cc2)no1. The van der Waals surface area contributed by atoms with Crippen LogP contribution in [0, 0.1) is 24.7 Å². The highest BCUT2D eigenvalue weighted by Crippen LogP contribution is 2.47. The number of carbonyl (C=O) groups excluding carboxylic acids is 1. The molecule has 2 fully saturated rings. The van der Waals surface area contributed by atoms with Crippen molar-refractivity contribution in [3.05, 3.63) is 36.0 Å². The Kier molecular flexibility index (Phi) is 4.17. The summed E-state index contributed by atoms with van der Waals surface area (Å²) < 4.78 is 10.5. The van der Waals surface area contributed by atoms with E-state index in [-0.39, 0.29) is 24.5 Å². The van der Waals surface area contributed by atoms with Gasteiger partial charge in [-0.1, -0.05) is 5.16 Å². The molecule has 7 nitrogen and oxygen atoms in total. The monoisotopic (exact) mass is 342 g/mol. The largest absolute Gasteiger partial charge is 0.485 e. The van der Waals surface area contributed by atoms with Gasteiger partial charge in [-0.3, -0.25) is 4.79 Å². The summed E-state index contributed by atoms with van der Waals surface area (Å²) in [7, 11) is 0. The first-order chi connectivity index (χ1) is 12.1. The lowest BCUT2D eigenvalue weighted by molar-refractivity contribution is -0.121. The molecule has 132 valence electrons. The third kappa shape index (κ3) is 3.24. The summed E-state index contributed by atoms with van der Waals surface area (Å²) in [6.45, 7) is 1.97. The number of ether oxygens (including phenoxy) is 1. The summed E-state index contributed by atoms with van der Waals surface area (Å²) in [5, 5.41) is 6.77.